The van der Waals surface area contributed by atoms with Crippen molar-refractivity contribution in [2.45, 2.75) is 0 Å². The molecule has 0 radical (unpaired) electrons. The van der Waals surface area contributed by atoms with Crippen molar-refractivity contribution in [3.05, 3.63) is 52.4 Å². The molecule has 18 heavy (non-hydrogen) atoms. The minimum absolute atomic E-state index is 0.232. The first-order chi connectivity index (χ1) is 8.70. The first-order valence-corrected chi connectivity index (χ1v) is 5.40. The van der Waals surface area contributed by atoms with Gasteiger partial charge in [-0.05, 0) is 30.3 Å². The molecule has 2 aromatic carbocycles. The third-order valence-corrected chi connectivity index (χ3v) is 2.84. The summed E-state index contributed by atoms with van der Waals surface area (Å²) < 4.78 is 23.9. The number of halogens is 1. The van der Waals surface area contributed by atoms with E-state index in [4.69, 9.17) is 9.15 Å². The number of rotatable bonds is 1. The lowest BCUT2D eigenvalue weighted by molar-refractivity contribution is 0.411. The van der Waals surface area contributed by atoms with Crippen LogP contribution in [0.15, 0.2) is 45.6 Å². The van der Waals surface area contributed by atoms with Gasteiger partial charge < -0.3 is 9.15 Å². The lowest BCUT2D eigenvalue weighted by atomic mass is 10.1. The first-order valence-electron chi connectivity index (χ1n) is 5.40. The van der Waals surface area contributed by atoms with Crippen molar-refractivity contribution < 1.29 is 13.5 Å². The Bertz CT molecular complexity index is 805. The lowest BCUT2D eigenvalue weighted by Gasteiger charge is -2.05. The maximum absolute atomic E-state index is 13.2. The fourth-order valence-electron chi connectivity index (χ4n) is 1.98. The second-order valence-electron chi connectivity index (χ2n) is 3.91. The summed E-state index contributed by atoms with van der Waals surface area (Å²) in [4.78, 5) is 12.2. The quantitative estimate of drug-likeness (QED) is 0.617. The molecular weight excluding hydrogens is 235 g/mol. The van der Waals surface area contributed by atoms with Crippen molar-refractivity contribution in [2.24, 2.45) is 0 Å². The van der Waals surface area contributed by atoms with Crippen LogP contribution in [-0.4, -0.2) is 7.11 Å². The number of methoxy groups -OCH3 is 1. The van der Waals surface area contributed by atoms with Crippen molar-refractivity contribution in [2.75, 3.05) is 7.11 Å². The summed E-state index contributed by atoms with van der Waals surface area (Å²) >= 11 is 0. The molecule has 0 spiro atoms. The summed E-state index contributed by atoms with van der Waals surface area (Å²) in [6, 6.07) is 8.92. The summed E-state index contributed by atoms with van der Waals surface area (Å²) in [6.45, 7) is 0. The van der Waals surface area contributed by atoms with Gasteiger partial charge in [0.15, 0.2) is 11.3 Å². The van der Waals surface area contributed by atoms with Crippen LogP contribution in [0.2, 0.25) is 0 Å². The molecule has 0 fully saturated rings. The van der Waals surface area contributed by atoms with E-state index in [1.807, 2.05) is 0 Å². The van der Waals surface area contributed by atoms with Crippen molar-refractivity contribution in [1.29, 1.82) is 0 Å². The first kappa shape index (κ1) is 10.8. The van der Waals surface area contributed by atoms with E-state index in [0.717, 1.165) is 0 Å². The molecule has 0 amide bonds. The van der Waals surface area contributed by atoms with Crippen molar-refractivity contribution in [1.82, 2.24) is 0 Å². The van der Waals surface area contributed by atoms with Crippen LogP contribution in [0.1, 0.15) is 0 Å². The summed E-state index contributed by atoms with van der Waals surface area (Å²) in [5, 5.41) is 0.614. The molecule has 0 aliphatic carbocycles. The molecule has 0 N–H and O–H groups in total. The summed E-state index contributed by atoms with van der Waals surface area (Å²) in [6.07, 6.45) is 0. The Hall–Kier alpha value is -2.36. The molecule has 0 bridgehead atoms. The maximum atomic E-state index is 13.2. The van der Waals surface area contributed by atoms with Crippen molar-refractivity contribution in [3.8, 4) is 5.75 Å². The molecule has 0 saturated carbocycles. The molecule has 3 rings (SSSR count). The lowest BCUT2D eigenvalue weighted by Crippen LogP contribution is -2.03. The van der Waals surface area contributed by atoms with E-state index in [-0.39, 0.29) is 10.8 Å². The molecule has 4 heteroatoms. The van der Waals surface area contributed by atoms with E-state index in [1.54, 1.807) is 18.2 Å². The van der Waals surface area contributed by atoms with Gasteiger partial charge in [-0.1, -0.05) is 6.07 Å². The number of benzene rings is 2. The van der Waals surface area contributed by atoms with Gasteiger partial charge >= 0.3 is 0 Å². The zero-order chi connectivity index (χ0) is 12.7. The molecule has 0 saturated heterocycles. The van der Waals surface area contributed by atoms with E-state index >= 15 is 0 Å². The van der Waals surface area contributed by atoms with Gasteiger partial charge in [-0.3, -0.25) is 4.79 Å². The maximum Gasteiger partial charge on any atom is 0.200 e. The number of fused-ring (bicyclic) bond motifs is 2. The molecule has 1 aromatic heterocycles. The van der Waals surface area contributed by atoms with Crippen LogP contribution in [0.25, 0.3) is 21.9 Å². The van der Waals surface area contributed by atoms with Crippen molar-refractivity contribution >= 4 is 21.9 Å². The molecule has 0 aliphatic heterocycles. The van der Waals surface area contributed by atoms with Crippen LogP contribution in [0.3, 0.4) is 0 Å². The third kappa shape index (κ3) is 1.46. The summed E-state index contributed by atoms with van der Waals surface area (Å²) in [5.74, 6) is 0.0212. The Kier molecular flexibility index (Phi) is 2.30. The number of hydrogen-bond acceptors (Lipinski definition) is 3. The predicted molar refractivity (Wildman–Crippen MR) is 66.5 cm³/mol. The standard InChI is InChI=1S/C14H9FO3/c1-17-12-4-2-3-9-13(16)10-7-8(15)5-6-11(10)18-14(9)12/h2-7H,1H3. The molecule has 3 aromatic rings. The van der Waals surface area contributed by atoms with Gasteiger partial charge in [0, 0.05) is 0 Å². The number of para-hydroxylation sites is 1. The summed E-state index contributed by atoms with van der Waals surface area (Å²) in [5.41, 5.74) is 0.465. The van der Waals surface area contributed by atoms with Crippen LogP contribution in [-0.2, 0) is 0 Å². The topological polar surface area (TPSA) is 39.4 Å². The number of hydrogen-bond donors (Lipinski definition) is 0. The molecular formula is C14H9FO3. The Labute approximate surface area is 101 Å². The Morgan fingerprint density at radius 2 is 2.00 bits per heavy atom. The minimum Gasteiger partial charge on any atom is -0.493 e. The highest BCUT2D eigenvalue weighted by Gasteiger charge is 2.11. The van der Waals surface area contributed by atoms with Gasteiger partial charge in [-0.15, -0.1) is 0 Å². The predicted octanol–water partition coefficient (Wildman–Crippen LogP) is 3.09. The highest BCUT2D eigenvalue weighted by molar-refractivity contribution is 5.92. The molecule has 0 unspecified atom stereocenters. The van der Waals surface area contributed by atoms with Gasteiger partial charge in [-0.2, -0.15) is 0 Å². The van der Waals surface area contributed by atoms with Gasteiger partial charge in [0.05, 0.1) is 17.9 Å². The van der Waals surface area contributed by atoms with E-state index in [2.05, 4.69) is 0 Å². The largest absolute Gasteiger partial charge is 0.493 e. The highest BCUT2D eigenvalue weighted by Crippen LogP contribution is 2.26. The minimum atomic E-state index is -0.461. The van der Waals surface area contributed by atoms with Crippen LogP contribution in [0, 0.1) is 5.82 Å². The van der Waals surface area contributed by atoms with Crippen molar-refractivity contribution in [3.63, 3.8) is 0 Å². The molecule has 1 heterocycles. The van der Waals surface area contributed by atoms with E-state index in [1.165, 1.54) is 25.3 Å². The van der Waals surface area contributed by atoms with Crippen LogP contribution in [0.4, 0.5) is 4.39 Å². The number of ether oxygens (including phenoxy) is 1. The molecule has 0 atom stereocenters. The second kappa shape index (κ2) is 3.84. The van der Waals surface area contributed by atoms with Gasteiger partial charge in [-0.25, -0.2) is 4.39 Å². The van der Waals surface area contributed by atoms with E-state index in [0.29, 0.717) is 22.3 Å². The Morgan fingerprint density at radius 1 is 1.17 bits per heavy atom. The monoisotopic (exact) mass is 244 g/mol. The fourth-order valence-corrected chi connectivity index (χ4v) is 1.98. The third-order valence-electron chi connectivity index (χ3n) is 2.84. The van der Waals surface area contributed by atoms with E-state index in [9.17, 15) is 9.18 Å². The Balaban J connectivity index is 2.56. The van der Waals surface area contributed by atoms with Gasteiger partial charge in [0.25, 0.3) is 0 Å². The van der Waals surface area contributed by atoms with Crippen LogP contribution in [0.5, 0.6) is 5.75 Å². The zero-order valence-corrected chi connectivity index (χ0v) is 9.57. The Morgan fingerprint density at radius 3 is 2.78 bits per heavy atom. The highest BCUT2D eigenvalue weighted by atomic mass is 19.1. The van der Waals surface area contributed by atoms with Crippen LogP contribution >= 0.6 is 0 Å². The average Bonchev–Trinajstić information content (AvgIpc) is 2.39. The van der Waals surface area contributed by atoms with Crippen LogP contribution < -0.4 is 10.2 Å². The molecule has 3 nitrogen and oxygen atoms in total. The normalized spacial score (nSPS) is 11.0. The molecule has 90 valence electrons. The second-order valence-corrected chi connectivity index (χ2v) is 3.91. The van der Waals surface area contributed by atoms with Gasteiger partial charge in [0.2, 0.25) is 5.43 Å². The SMILES string of the molecule is COc1cccc2c(=O)c3cc(F)ccc3oc12. The average molecular weight is 244 g/mol. The zero-order valence-electron chi connectivity index (χ0n) is 9.57. The fraction of sp³-hybridized carbons (Fsp3) is 0.0714. The molecule has 0 aliphatic rings. The smallest absolute Gasteiger partial charge is 0.200 e. The van der Waals surface area contributed by atoms with E-state index < -0.39 is 5.82 Å². The summed E-state index contributed by atoms with van der Waals surface area (Å²) in [7, 11) is 1.50. The van der Waals surface area contributed by atoms with Gasteiger partial charge in [0.1, 0.15) is 11.4 Å².